The van der Waals surface area contributed by atoms with Crippen molar-refractivity contribution >= 4 is 17.7 Å². The van der Waals surface area contributed by atoms with Gasteiger partial charge in [-0.3, -0.25) is 9.59 Å². The van der Waals surface area contributed by atoms with E-state index in [1.54, 1.807) is 21.1 Å². The molecule has 8 nitrogen and oxygen atoms in total. The number of amides is 1. The first-order valence-electron chi connectivity index (χ1n) is 10.4. The zero-order chi connectivity index (χ0) is 23.6. The predicted molar refractivity (Wildman–Crippen MR) is 127 cm³/mol. The van der Waals surface area contributed by atoms with E-state index >= 15 is 0 Å². The molecule has 3 aromatic rings. The highest BCUT2D eigenvalue weighted by molar-refractivity contribution is 8.00. The lowest BCUT2D eigenvalue weighted by Gasteiger charge is -2.13. The van der Waals surface area contributed by atoms with Gasteiger partial charge < -0.3 is 24.5 Å². The third kappa shape index (κ3) is 7.28. The number of H-pyrrole nitrogens is 1. The number of para-hydroxylation sites is 1. The van der Waals surface area contributed by atoms with Crippen molar-refractivity contribution in [3.63, 3.8) is 0 Å². The van der Waals surface area contributed by atoms with E-state index in [4.69, 9.17) is 14.2 Å². The Kier molecular flexibility index (Phi) is 8.77. The molecule has 0 aliphatic heterocycles. The van der Waals surface area contributed by atoms with Gasteiger partial charge in [0.25, 0.3) is 5.56 Å². The van der Waals surface area contributed by atoms with Crippen molar-refractivity contribution in [2.75, 3.05) is 20.8 Å². The summed E-state index contributed by atoms with van der Waals surface area (Å²) in [5, 5.41) is 2.85. The Balaban J connectivity index is 1.51. The second-order valence-electron chi connectivity index (χ2n) is 7.13. The molecule has 1 amide bonds. The summed E-state index contributed by atoms with van der Waals surface area (Å²) in [7, 11) is 3.17. The van der Waals surface area contributed by atoms with E-state index < -0.39 is 5.25 Å². The molecule has 1 atom stereocenters. The molecule has 2 aromatic carbocycles. The van der Waals surface area contributed by atoms with E-state index in [0.717, 1.165) is 5.56 Å². The summed E-state index contributed by atoms with van der Waals surface area (Å²) in [6.45, 7) is 2.39. The van der Waals surface area contributed by atoms with E-state index in [9.17, 15) is 9.59 Å². The standard InChI is InChI=1S/C24H27N3O5S/c1-16(23(29)25-12-11-17-9-10-20(30-2)21(13-17)31-3)33-24-26-18(14-22(28)27-24)15-32-19-7-5-4-6-8-19/h4-10,13-14,16H,11-12,15H2,1-3H3,(H,25,29)(H,26,27,28). The largest absolute Gasteiger partial charge is 0.493 e. The molecule has 3 rings (SSSR count). The minimum Gasteiger partial charge on any atom is -0.493 e. The highest BCUT2D eigenvalue weighted by atomic mass is 32.2. The maximum Gasteiger partial charge on any atom is 0.251 e. The van der Waals surface area contributed by atoms with Crippen LogP contribution in [0.1, 0.15) is 18.2 Å². The average Bonchev–Trinajstić information content (AvgIpc) is 2.82. The Morgan fingerprint density at radius 2 is 1.85 bits per heavy atom. The number of rotatable bonds is 11. The number of thioether (sulfide) groups is 1. The summed E-state index contributed by atoms with van der Waals surface area (Å²) in [6.07, 6.45) is 0.644. The van der Waals surface area contributed by atoms with E-state index in [-0.39, 0.29) is 18.1 Å². The fourth-order valence-electron chi connectivity index (χ4n) is 3.02. The topological polar surface area (TPSA) is 103 Å². The molecule has 0 saturated heterocycles. The minimum absolute atomic E-state index is 0.144. The molecule has 33 heavy (non-hydrogen) atoms. The molecule has 0 bridgehead atoms. The zero-order valence-corrected chi connectivity index (χ0v) is 19.6. The maximum absolute atomic E-state index is 12.5. The van der Waals surface area contributed by atoms with E-state index in [0.29, 0.717) is 41.1 Å². The quantitative estimate of drug-likeness (QED) is 0.328. The van der Waals surface area contributed by atoms with Crippen LogP contribution in [0.15, 0.2) is 64.5 Å². The van der Waals surface area contributed by atoms with Crippen molar-refractivity contribution in [2.45, 2.75) is 30.4 Å². The van der Waals surface area contributed by atoms with Crippen LogP contribution in [0.25, 0.3) is 0 Å². The van der Waals surface area contributed by atoms with Gasteiger partial charge in [0.05, 0.1) is 25.2 Å². The Bertz CT molecular complexity index is 1120. The molecule has 0 spiro atoms. The van der Waals surface area contributed by atoms with Crippen LogP contribution in [0.3, 0.4) is 0 Å². The molecule has 0 aliphatic rings. The molecular formula is C24H27N3O5S. The lowest BCUT2D eigenvalue weighted by Crippen LogP contribution is -2.32. The number of nitrogens with zero attached hydrogens (tertiary/aromatic N) is 1. The number of ether oxygens (including phenoxy) is 3. The SMILES string of the molecule is COc1ccc(CCNC(=O)C(C)Sc2nc(COc3ccccc3)cc(=O)[nH]2)cc1OC. The normalized spacial score (nSPS) is 11.5. The van der Waals surface area contributed by atoms with Gasteiger partial charge in [-0.25, -0.2) is 4.98 Å². The third-order valence-electron chi connectivity index (χ3n) is 4.72. The summed E-state index contributed by atoms with van der Waals surface area (Å²) in [6, 6.07) is 16.3. The molecule has 1 aromatic heterocycles. The zero-order valence-electron chi connectivity index (χ0n) is 18.8. The highest BCUT2D eigenvalue weighted by Gasteiger charge is 2.16. The number of hydrogen-bond acceptors (Lipinski definition) is 7. The monoisotopic (exact) mass is 469 g/mol. The summed E-state index contributed by atoms with van der Waals surface area (Å²) in [5.74, 6) is 1.86. The van der Waals surface area contributed by atoms with Gasteiger partial charge in [0, 0.05) is 12.6 Å². The third-order valence-corrected chi connectivity index (χ3v) is 5.71. The van der Waals surface area contributed by atoms with Crippen molar-refractivity contribution in [1.82, 2.24) is 15.3 Å². The van der Waals surface area contributed by atoms with Crippen LogP contribution >= 0.6 is 11.8 Å². The Morgan fingerprint density at radius 3 is 2.58 bits per heavy atom. The van der Waals surface area contributed by atoms with Crippen molar-refractivity contribution in [1.29, 1.82) is 0 Å². The molecule has 0 saturated carbocycles. The van der Waals surface area contributed by atoms with Crippen molar-refractivity contribution in [3.8, 4) is 17.2 Å². The van der Waals surface area contributed by atoms with Crippen LogP contribution in [0.2, 0.25) is 0 Å². The molecule has 9 heteroatoms. The number of hydrogen-bond donors (Lipinski definition) is 2. The summed E-state index contributed by atoms with van der Waals surface area (Å²) in [4.78, 5) is 31.6. The van der Waals surface area contributed by atoms with Gasteiger partial charge in [0.2, 0.25) is 5.91 Å². The predicted octanol–water partition coefficient (Wildman–Crippen LogP) is 3.21. The molecule has 0 aliphatic carbocycles. The number of aromatic amines is 1. The van der Waals surface area contributed by atoms with Gasteiger partial charge in [-0.2, -0.15) is 0 Å². The Labute approximate surface area is 196 Å². The van der Waals surface area contributed by atoms with Crippen molar-refractivity contribution in [3.05, 3.63) is 76.2 Å². The van der Waals surface area contributed by atoms with Crippen LogP contribution < -0.4 is 25.1 Å². The van der Waals surface area contributed by atoms with Gasteiger partial charge in [0.1, 0.15) is 12.4 Å². The highest BCUT2D eigenvalue weighted by Crippen LogP contribution is 2.27. The maximum atomic E-state index is 12.5. The van der Waals surface area contributed by atoms with E-state index in [2.05, 4.69) is 15.3 Å². The number of carbonyl (C=O) groups excluding carboxylic acids is 1. The second-order valence-corrected chi connectivity index (χ2v) is 8.46. The van der Waals surface area contributed by atoms with Gasteiger partial charge in [-0.15, -0.1) is 0 Å². The first-order valence-corrected chi connectivity index (χ1v) is 11.3. The fraction of sp³-hybridized carbons (Fsp3) is 0.292. The molecule has 0 radical (unpaired) electrons. The molecule has 1 heterocycles. The van der Waals surface area contributed by atoms with Gasteiger partial charge in [-0.05, 0) is 43.2 Å². The second kappa shape index (κ2) is 12.0. The van der Waals surface area contributed by atoms with Crippen molar-refractivity contribution < 1.29 is 19.0 Å². The molecule has 0 fully saturated rings. The fourth-order valence-corrected chi connectivity index (χ4v) is 3.87. The van der Waals surface area contributed by atoms with Crippen LogP contribution in [-0.2, 0) is 17.8 Å². The van der Waals surface area contributed by atoms with Crippen LogP contribution in [0, 0.1) is 0 Å². The number of aromatic nitrogens is 2. The van der Waals surface area contributed by atoms with Crippen LogP contribution in [-0.4, -0.2) is 41.9 Å². The van der Waals surface area contributed by atoms with E-state index in [1.807, 2.05) is 48.5 Å². The average molecular weight is 470 g/mol. The smallest absolute Gasteiger partial charge is 0.251 e. The van der Waals surface area contributed by atoms with Gasteiger partial charge >= 0.3 is 0 Å². The molecular weight excluding hydrogens is 442 g/mol. The first kappa shape index (κ1) is 24.2. The minimum atomic E-state index is -0.441. The molecule has 1 unspecified atom stereocenters. The molecule has 2 N–H and O–H groups in total. The lowest BCUT2D eigenvalue weighted by molar-refractivity contribution is -0.120. The summed E-state index contributed by atoms with van der Waals surface area (Å²) >= 11 is 1.19. The van der Waals surface area contributed by atoms with E-state index in [1.165, 1.54) is 17.8 Å². The number of benzene rings is 2. The first-order chi connectivity index (χ1) is 16.0. The Hall–Kier alpha value is -3.46. The molecule has 174 valence electrons. The number of nitrogens with one attached hydrogen (secondary N) is 2. The Morgan fingerprint density at radius 1 is 1.09 bits per heavy atom. The van der Waals surface area contributed by atoms with Gasteiger partial charge in [0.15, 0.2) is 16.7 Å². The summed E-state index contributed by atoms with van der Waals surface area (Å²) < 4.78 is 16.2. The number of methoxy groups -OCH3 is 2. The summed E-state index contributed by atoms with van der Waals surface area (Å²) in [5.41, 5.74) is 1.22. The lowest BCUT2D eigenvalue weighted by atomic mass is 10.1. The van der Waals surface area contributed by atoms with Crippen molar-refractivity contribution in [2.24, 2.45) is 0 Å². The van der Waals surface area contributed by atoms with Gasteiger partial charge in [-0.1, -0.05) is 36.0 Å². The van der Waals surface area contributed by atoms with Crippen LogP contribution in [0.4, 0.5) is 0 Å². The number of carbonyl (C=O) groups is 1. The van der Waals surface area contributed by atoms with Crippen LogP contribution in [0.5, 0.6) is 17.2 Å².